The lowest BCUT2D eigenvalue weighted by atomic mass is 10.1. The van der Waals surface area contributed by atoms with Crippen LogP contribution < -0.4 is 5.32 Å². The second-order valence-corrected chi connectivity index (χ2v) is 4.89. The molecule has 0 aliphatic rings. The Kier molecular flexibility index (Phi) is 4.73. The molecule has 1 aromatic heterocycles. The predicted octanol–water partition coefficient (Wildman–Crippen LogP) is 4.35. The second-order valence-electron chi connectivity index (χ2n) is 4.89. The molecule has 0 aliphatic carbocycles. The van der Waals surface area contributed by atoms with Crippen LogP contribution in [0.4, 0.5) is 11.5 Å². The highest BCUT2D eigenvalue weighted by atomic mass is 15.0. The third kappa shape index (κ3) is 3.58. The number of aromatic nitrogens is 1. The van der Waals surface area contributed by atoms with Crippen LogP contribution in [-0.2, 0) is 6.42 Å². The minimum atomic E-state index is 0.561. The number of aryl methyl sites for hydroxylation is 2. The first-order valence-electron chi connectivity index (χ1n) is 6.96. The van der Waals surface area contributed by atoms with Crippen LogP contribution in [0.1, 0.15) is 36.6 Å². The Labute approximate surface area is 120 Å². The number of anilines is 2. The second kappa shape index (κ2) is 6.72. The van der Waals surface area contributed by atoms with E-state index in [9.17, 15) is 0 Å². The molecule has 0 atom stereocenters. The van der Waals surface area contributed by atoms with Crippen molar-refractivity contribution in [2.45, 2.75) is 33.1 Å². The summed E-state index contributed by atoms with van der Waals surface area (Å²) in [5.74, 6) is 0.619. The van der Waals surface area contributed by atoms with Crippen molar-refractivity contribution in [2.24, 2.45) is 0 Å². The van der Waals surface area contributed by atoms with E-state index < -0.39 is 0 Å². The van der Waals surface area contributed by atoms with Gasteiger partial charge < -0.3 is 5.32 Å². The molecule has 0 saturated heterocycles. The number of nitrogens with zero attached hydrogens (tertiary/aromatic N) is 2. The van der Waals surface area contributed by atoms with E-state index in [0.29, 0.717) is 11.4 Å². The number of rotatable bonds is 5. The van der Waals surface area contributed by atoms with Gasteiger partial charge in [-0.1, -0.05) is 25.5 Å². The lowest BCUT2D eigenvalue weighted by molar-refractivity contribution is 0.795. The summed E-state index contributed by atoms with van der Waals surface area (Å²) in [6.45, 7) is 4.11. The van der Waals surface area contributed by atoms with E-state index in [1.807, 2.05) is 25.1 Å². The highest BCUT2D eigenvalue weighted by Crippen LogP contribution is 2.19. The van der Waals surface area contributed by atoms with Crippen molar-refractivity contribution in [3.8, 4) is 6.07 Å². The van der Waals surface area contributed by atoms with Gasteiger partial charge in [-0.05, 0) is 49.6 Å². The lowest BCUT2D eigenvalue weighted by Crippen LogP contribution is -1.98. The molecule has 0 aliphatic heterocycles. The van der Waals surface area contributed by atoms with Crippen molar-refractivity contribution in [2.75, 3.05) is 5.32 Å². The van der Waals surface area contributed by atoms with Gasteiger partial charge in [-0.25, -0.2) is 4.98 Å². The van der Waals surface area contributed by atoms with Crippen LogP contribution in [0, 0.1) is 18.3 Å². The Bertz CT molecular complexity index is 609. The maximum absolute atomic E-state index is 9.10. The molecule has 3 heteroatoms. The fraction of sp³-hybridized carbons (Fsp3) is 0.294. The van der Waals surface area contributed by atoms with E-state index in [0.717, 1.165) is 17.8 Å². The van der Waals surface area contributed by atoms with Crippen molar-refractivity contribution in [3.63, 3.8) is 0 Å². The molecule has 3 nitrogen and oxygen atoms in total. The molecule has 0 spiro atoms. The lowest BCUT2D eigenvalue weighted by Gasteiger charge is -2.09. The molecule has 0 unspecified atom stereocenters. The van der Waals surface area contributed by atoms with E-state index in [1.54, 1.807) is 6.07 Å². The first kappa shape index (κ1) is 14.1. The zero-order chi connectivity index (χ0) is 14.4. The summed E-state index contributed by atoms with van der Waals surface area (Å²) in [5.41, 5.74) is 3.76. The van der Waals surface area contributed by atoms with Gasteiger partial charge in [0.2, 0.25) is 0 Å². The SMILES string of the molecule is CCCCc1ccc(Nc2nc(C)ccc2C#N)cc1. The molecule has 0 amide bonds. The fourth-order valence-corrected chi connectivity index (χ4v) is 2.01. The number of pyridine rings is 1. The van der Waals surface area contributed by atoms with Gasteiger partial charge >= 0.3 is 0 Å². The third-order valence-electron chi connectivity index (χ3n) is 3.19. The number of nitriles is 1. The molecule has 1 N–H and O–H groups in total. The summed E-state index contributed by atoms with van der Waals surface area (Å²) in [5, 5.41) is 12.3. The van der Waals surface area contributed by atoms with Crippen LogP contribution in [0.3, 0.4) is 0 Å². The van der Waals surface area contributed by atoms with Crippen LogP contribution in [0.25, 0.3) is 0 Å². The standard InChI is InChI=1S/C17H19N3/c1-3-4-5-14-7-10-16(11-8-14)20-17-15(12-18)9-6-13(2)19-17/h6-11H,3-5H2,1-2H3,(H,19,20). The minimum Gasteiger partial charge on any atom is -0.339 e. The summed E-state index contributed by atoms with van der Waals surface area (Å²) < 4.78 is 0. The summed E-state index contributed by atoms with van der Waals surface area (Å²) in [7, 11) is 0. The number of benzene rings is 1. The summed E-state index contributed by atoms with van der Waals surface area (Å²) in [6, 6.07) is 14.1. The molecule has 20 heavy (non-hydrogen) atoms. The smallest absolute Gasteiger partial charge is 0.148 e. The maximum Gasteiger partial charge on any atom is 0.148 e. The Hall–Kier alpha value is -2.34. The molecule has 1 aromatic carbocycles. The van der Waals surface area contributed by atoms with E-state index in [4.69, 9.17) is 5.26 Å². The third-order valence-corrected chi connectivity index (χ3v) is 3.19. The van der Waals surface area contributed by atoms with Gasteiger partial charge in [-0.2, -0.15) is 5.26 Å². The zero-order valence-electron chi connectivity index (χ0n) is 12.0. The van der Waals surface area contributed by atoms with E-state index in [1.165, 1.54) is 18.4 Å². The van der Waals surface area contributed by atoms with Crippen LogP contribution in [0.2, 0.25) is 0 Å². The Morgan fingerprint density at radius 3 is 2.55 bits per heavy atom. The number of hydrogen-bond donors (Lipinski definition) is 1. The monoisotopic (exact) mass is 265 g/mol. The highest BCUT2D eigenvalue weighted by Gasteiger charge is 2.04. The molecule has 0 bridgehead atoms. The molecular weight excluding hydrogens is 246 g/mol. The van der Waals surface area contributed by atoms with Crippen LogP contribution in [0.15, 0.2) is 36.4 Å². The molecular formula is C17H19N3. The van der Waals surface area contributed by atoms with Crippen molar-refractivity contribution in [1.82, 2.24) is 4.98 Å². The summed E-state index contributed by atoms with van der Waals surface area (Å²) in [4.78, 5) is 4.38. The predicted molar refractivity (Wildman–Crippen MR) is 82.0 cm³/mol. The Balaban J connectivity index is 2.14. The molecule has 0 radical (unpaired) electrons. The van der Waals surface area contributed by atoms with Gasteiger partial charge in [-0.15, -0.1) is 0 Å². The zero-order valence-corrected chi connectivity index (χ0v) is 12.0. The van der Waals surface area contributed by atoms with E-state index in [2.05, 4.69) is 35.4 Å². The van der Waals surface area contributed by atoms with E-state index in [-0.39, 0.29) is 0 Å². The Morgan fingerprint density at radius 1 is 1.15 bits per heavy atom. The maximum atomic E-state index is 9.10. The molecule has 1 heterocycles. The topological polar surface area (TPSA) is 48.7 Å². The molecule has 0 fully saturated rings. The number of nitrogens with one attached hydrogen (secondary N) is 1. The average Bonchev–Trinajstić information content (AvgIpc) is 2.47. The summed E-state index contributed by atoms with van der Waals surface area (Å²) in [6.07, 6.45) is 3.53. The first-order chi connectivity index (χ1) is 9.72. The van der Waals surface area contributed by atoms with Gasteiger partial charge in [0.05, 0.1) is 5.56 Å². The van der Waals surface area contributed by atoms with Crippen molar-refractivity contribution in [1.29, 1.82) is 5.26 Å². The number of hydrogen-bond acceptors (Lipinski definition) is 3. The van der Waals surface area contributed by atoms with Gasteiger partial charge in [0.25, 0.3) is 0 Å². The highest BCUT2D eigenvalue weighted by molar-refractivity contribution is 5.62. The van der Waals surface area contributed by atoms with Crippen LogP contribution >= 0.6 is 0 Å². The quantitative estimate of drug-likeness (QED) is 0.874. The van der Waals surface area contributed by atoms with Crippen molar-refractivity contribution < 1.29 is 0 Å². The molecule has 0 saturated carbocycles. The minimum absolute atomic E-state index is 0.561. The molecule has 102 valence electrons. The number of unbranched alkanes of at least 4 members (excludes halogenated alkanes) is 1. The molecule has 2 aromatic rings. The fourth-order valence-electron chi connectivity index (χ4n) is 2.01. The van der Waals surface area contributed by atoms with Crippen LogP contribution in [0.5, 0.6) is 0 Å². The van der Waals surface area contributed by atoms with Gasteiger partial charge in [-0.3, -0.25) is 0 Å². The normalized spacial score (nSPS) is 10.1. The first-order valence-corrected chi connectivity index (χ1v) is 6.96. The van der Waals surface area contributed by atoms with Crippen molar-refractivity contribution in [3.05, 3.63) is 53.2 Å². The average molecular weight is 265 g/mol. The summed E-state index contributed by atoms with van der Waals surface area (Å²) >= 11 is 0. The van der Waals surface area contributed by atoms with Gasteiger partial charge in [0.1, 0.15) is 11.9 Å². The van der Waals surface area contributed by atoms with Crippen molar-refractivity contribution >= 4 is 11.5 Å². The Morgan fingerprint density at radius 2 is 1.90 bits per heavy atom. The van der Waals surface area contributed by atoms with E-state index >= 15 is 0 Å². The van der Waals surface area contributed by atoms with Gasteiger partial charge in [0.15, 0.2) is 0 Å². The van der Waals surface area contributed by atoms with Gasteiger partial charge in [0, 0.05) is 11.4 Å². The largest absolute Gasteiger partial charge is 0.339 e. The van der Waals surface area contributed by atoms with Crippen LogP contribution in [-0.4, -0.2) is 4.98 Å². The molecule has 2 rings (SSSR count).